The van der Waals surface area contributed by atoms with Crippen LogP contribution in [-0.2, 0) is 6.61 Å². The SMILES string of the molecule is CCC1(F)CCN(c2nc(C)c(-c3cccc(Cl)c3Cl)nc2CO)CC1. The zero-order valence-electron chi connectivity index (χ0n) is 14.9. The summed E-state index contributed by atoms with van der Waals surface area (Å²) in [6.07, 6.45) is 1.43. The lowest BCUT2D eigenvalue weighted by Gasteiger charge is -2.37. The van der Waals surface area contributed by atoms with Gasteiger partial charge in [0.1, 0.15) is 11.4 Å². The van der Waals surface area contributed by atoms with Gasteiger partial charge in [0.05, 0.1) is 28.0 Å². The van der Waals surface area contributed by atoms with Gasteiger partial charge < -0.3 is 10.0 Å². The summed E-state index contributed by atoms with van der Waals surface area (Å²) >= 11 is 12.4. The number of nitrogens with zero attached hydrogens (tertiary/aromatic N) is 3. The number of benzene rings is 1. The predicted octanol–water partition coefficient (Wildman–Crippen LogP) is 4.97. The van der Waals surface area contributed by atoms with Crippen molar-refractivity contribution in [3.8, 4) is 11.3 Å². The molecular formula is C19H22Cl2FN3O. The number of aliphatic hydroxyl groups excluding tert-OH is 1. The van der Waals surface area contributed by atoms with Crippen LogP contribution in [0.4, 0.5) is 10.2 Å². The topological polar surface area (TPSA) is 49.2 Å². The normalized spacial score (nSPS) is 16.8. The number of hydrogen-bond donors (Lipinski definition) is 1. The van der Waals surface area contributed by atoms with Crippen LogP contribution in [0.5, 0.6) is 0 Å². The molecule has 0 unspecified atom stereocenters. The van der Waals surface area contributed by atoms with Gasteiger partial charge in [-0.25, -0.2) is 14.4 Å². The second-order valence-electron chi connectivity index (χ2n) is 6.68. The molecule has 4 nitrogen and oxygen atoms in total. The Morgan fingerprint density at radius 2 is 1.92 bits per heavy atom. The standard InChI is InChI=1S/C19H22Cl2FN3O/c1-3-19(22)7-9-25(10-8-19)18-15(11-26)24-17(12(2)23-18)13-5-4-6-14(20)16(13)21/h4-6,26H,3,7-11H2,1-2H3. The van der Waals surface area contributed by atoms with Crippen LogP contribution >= 0.6 is 23.2 Å². The largest absolute Gasteiger partial charge is 0.390 e. The van der Waals surface area contributed by atoms with Crippen molar-refractivity contribution in [2.75, 3.05) is 18.0 Å². The summed E-state index contributed by atoms with van der Waals surface area (Å²) in [5, 5.41) is 10.7. The summed E-state index contributed by atoms with van der Waals surface area (Å²) in [4.78, 5) is 11.3. The Kier molecular flexibility index (Phi) is 5.70. The molecule has 7 heteroatoms. The number of aromatic nitrogens is 2. The number of halogens is 3. The Bertz CT molecular complexity index is 808. The van der Waals surface area contributed by atoms with Crippen LogP contribution in [0.3, 0.4) is 0 Å². The predicted molar refractivity (Wildman–Crippen MR) is 104 cm³/mol. The summed E-state index contributed by atoms with van der Waals surface area (Å²) < 4.78 is 14.5. The quantitative estimate of drug-likeness (QED) is 0.790. The number of alkyl halides is 1. The Morgan fingerprint density at radius 1 is 1.23 bits per heavy atom. The average Bonchev–Trinajstić information content (AvgIpc) is 2.65. The van der Waals surface area contributed by atoms with Gasteiger partial charge in [-0.05, 0) is 32.3 Å². The van der Waals surface area contributed by atoms with Gasteiger partial charge in [0.25, 0.3) is 0 Å². The lowest BCUT2D eigenvalue weighted by molar-refractivity contribution is 0.120. The average molecular weight is 398 g/mol. The summed E-state index contributed by atoms with van der Waals surface area (Å²) in [5.41, 5.74) is 1.32. The molecule has 1 saturated heterocycles. The molecule has 1 fully saturated rings. The van der Waals surface area contributed by atoms with E-state index in [9.17, 15) is 9.50 Å². The number of aryl methyl sites for hydroxylation is 1. The van der Waals surface area contributed by atoms with Crippen LogP contribution in [0.2, 0.25) is 10.0 Å². The number of hydrogen-bond acceptors (Lipinski definition) is 4. The third kappa shape index (κ3) is 3.66. The van der Waals surface area contributed by atoms with E-state index in [2.05, 4.69) is 9.97 Å². The van der Waals surface area contributed by atoms with E-state index in [-0.39, 0.29) is 6.61 Å². The number of anilines is 1. The van der Waals surface area contributed by atoms with Crippen molar-refractivity contribution in [3.05, 3.63) is 39.6 Å². The molecule has 0 spiro atoms. The number of piperidine rings is 1. The highest BCUT2D eigenvalue weighted by atomic mass is 35.5. The Hall–Kier alpha value is -1.43. The summed E-state index contributed by atoms with van der Waals surface area (Å²) in [5.74, 6) is 0.616. The van der Waals surface area contributed by atoms with Gasteiger partial charge in [0.2, 0.25) is 0 Å². The zero-order chi connectivity index (χ0) is 18.9. The molecule has 1 aromatic carbocycles. The van der Waals surface area contributed by atoms with Crippen molar-refractivity contribution >= 4 is 29.0 Å². The van der Waals surface area contributed by atoms with Crippen LogP contribution in [-0.4, -0.2) is 33.8 Å². The van der Waals surface area contributed by atoms with Crippen molar-refractivity contribution in [2.24, 2.45) is 0 Å². The molecule has 2 heterocycles. The first-order chi connectivity index (χ1) is 12.4. The fourth-order valence-corrected chi connectivity index (χ4v) is 3.71. The molecule has 1 aromatic heterocycles. The highest BCUT2D eigenvalue weighted by Crippen LogP contribution is 2.36. The summed E-state index contributed by atoms with van der Waals surface area (Å²) in [6, 6.07) is 5.33. The van der Waals surface area contributed by atoms with Gasteiger partial charge in [-0.15, -0.1) is 0 Å². The van der Waals surface area contributed by atoms with E-state index < -0.39 is 5.67 Å². The van der Waals surface area contributed by atoms with Crippen molar-refractivity contribution in [1.29, 1.82) is 0 Å². The van der Waals surface area contributed by atoms with Crippen LogP contribution in [0.1, 0.15) is 37.6 Å². The van der Waals surface area contributed by atoms with Crippen LogP contribution in [0.25, 0.3) is 11.3 Å². The van der Waals surface area contributed by atoms with Crippen molar-refractivity contribution in [2.45, 2.75) is 45.4 Å². The molecule has 1 aliphatic heterocycles. The minimum absolute atomic E-state index is 0.251. The molecule has 2 aromatic rings. The maximum Gasteiger partial charge on any atom is 0.153 e. The molecule has 140 valence electrons. The van der Waals surface area contributed by atoms with Gasteiger partial charge in [0, 0.05) is 18.7 Å². The molecule has 0 radical (unpaired) electrons. The van der Waals surface area contributed by atoms with E-state index in [1.165, 1.54) is 0 Å². The molecular weight excluding hydrogens is 376 g/mol. The van der Waals surface area contributed by atoms with Gasteiger partial charge >= 0.3 is 0 Å². The molecule has 1 N–H and O–H groups in total. The van der Waals surface area contributed by atoms with Crippen LogP contribution < -0.4 is 4.90 Å². The van der Waals surface area contributed by atoms with E-state index in [0.717, 1.165) is 0 Å². The Morgan fingerprint density at radius 3 is 2.54 bits per heavy atom. The fraction of sp³-hybridized carbons (Fsp3) is 0.474. The summed E-state index contributed by atoms with van der Waals surface area (Å²) in [6.45, 7) is 4.59. The maximum absolute atomic E-state index is 14.5. The number of rotatable bonds is 4. The third-order valence-corrected chi connectivity index (χ3v) is 5.89. The minimum atomic E-state index is -1.10. The number of aliphatic hydroxyl groups is 1. The lowest BCUT2D eigenvalue weighted by atomic mass is 9.91. The van der Waals surface area contributed by atoms with E-state index in [1.54, 1.807) is 12.1 Å². The van der Waals surface area contributed by atoms with E-state index >= 15 is 0 Å². The minimum Gasteiger partial charge on any atom is -0.390 e. The van der Waals surface area contributed by atoms with Crippen molar-refractivity contribution in [1.82, 2.24) is 9.97 Å². The first-order valence-electron chi connectivity index (χ1n) is 8.75. The smallest absolute Gasteiger partial charge is 0.153 e. The van der Waals surface area contributed by atoms with E-state index in [4.69, 9.17) is 23.2 Å². The van der Waals surface area contributed by atoms with Crippen LogP contribution in [0, 0.1) is 6.92 Å². The molecule has 1 aliphatic rings. The second-order valence-corrected chi connectivity index (χ2v) is 7.46. The highest BCUT2D eigenvalue weighted by molar-refractivity contribution is 6.43. The Balaban J connectivity index is 1.97. The van der Waals surface area contributed by atoms with Gasteiger partial charge in [-0.2, -0.15) is 0 Å². The monoisotopic (exact) mass is 397 g/mol. The van der Waals surface area contributed by atoms with E-state index in [1.807, 2.05) is 24.8 Å². The first-order valence-corrected chi connectivity index (χ1v) is 9.50. The first kappa shape index (κ1) is 19.3. The molecule has 0 saturated carbocycles. The van der Waals surface area contributed by atoms with Crippen molar-refractivity contribution < 1.29 is 9.50 Å². The third-order valence-electron chi connectivity index (χ3n) is 5.07. The fourth-order valence-electron chi connectivity index (χ4n) is 3.32. The van der Waals surface area contributed by atoms with Crippen molar-refractivity contribution in [3.63, 3.8) is 0 Å². The molecule has 0 amide bonds. The second kappa shape index (κ2) is 7.67. The molecule has 0 aliphatic carbocycles. The van der Waals surface area contributed by atoms with Gasteiger partial charge in [-0.3, -0.25) is 0 Å². The Labute approximate surface area is 163 Å². The lowest BCUT2D eigenvalue weighted by Crippen LogP contribution is -2.42. The molecule has 3 rings (SSSR count). The van der Waals surface area contributed by atoms with Gasteiger partial charge in [-0.1, -0.05) is 42.3 Å². The highest BCUT2D eigenvalue weighted by Gasteiger charge is 2.34. The molecule has 0 atom stereocenters. The van der Waals surface area contributed by atoms with E-state index in [0.29, 0.717) is 70.9 Å². The molecule has 26 heavy (non-hydrogen) atoms. The summed E-state index contributed by atoms with van der Waals surface area (Å²) in [7, 11) is 0. The maximum atomic E-state index is 14.5. The zero-order valence-corrected chi connectivity index (χ0v) is 16.4. The van der Waals surface area contributed by atoms with Gasteiger partial charge in [0.15, 0.2) is 5.82 Å². The van der Waals surface area contributed by atoms with Crippen LogP contribution in [0.15, 0.2) is 18.2 Å². The molecule has 0 bridgehead atoms.